The first kappa shape index (κ1) is 23.3. The van der Waals surface area contributed by atoms with E-state index in [0.717, 1.165) is 22.5 Å². The van der Waals surface area contributed by atoms with Crippen molar-refractivity contribution in [1.82, 2.24) is 9.38 Å². The first-order valence-electron chi connectivity index (χ1n) is 8.98. The van der Waals surface area contributed by atoms with E-state index in [1.807, 2.05) is 45.9 Å². The summed E-state index contributed by atoms with van der Waals surface area (Å²) in [5, 5.41) is 2.86. The van der Waals surface area contributed by atoms with Crippen molar-refractivity contribution in [3.05, 3.63) is 64.1 Å². The Hall–Kier alpha value is -2.98. The van der Waals surface area contributed by atoms with E-state index in [0.29, 0.717) is 28.7 Å². The van der Waals surface area contributed by atoms with Crippen molar-refractivity contribution in [1.29, 1.82) is 0 Å². The number of imidazole rings is 1. The van der Waals surface area contributed by atoms with Gasteiger partial charge in [-0.15, -0.1) is 0 Å². The van der Waals surface area contributed by atoms with E-state index in [-0.39, 0.29) is 0 Å². The number of halogens is 1. The van der Waals surface area contributed by atoms with Gasteiger partial charge < -0.3 is 15.5 Å². The van der Waals surface area contributed by atoms with Crippen molar-refractivity contribution in [2.45, 2.75) is 34.0 Å². The van der Waals surface area contributed by atoms with Crippen LogP contribution in [0.2, 0.25) is 0 Å². The molecular formula is C20H25FN4O4S. The first-order chi connectivity index (χ1) is 13.8. The minimum absolute atomic E-state index is 0.296. The van der Waals surface area contributed by atoms with Crippen LogP contribution in [0.3, 0.4) is 0 Å². The minimum atomic E-state index is -3.67. The van der Waals surface area contributed by atoms with Crippen molar-refractivity contribution >= 4 is 27.4 Å². The molecule has 0 radical (unpaired) electrons. The Bertz CT molecular complexity index is 1180. The number of nitrogens with one attached hydrogen (secondary N) is 1. The fraction of sp³-hybridized carbons (Fsp3) is 0.300. The van der Waals surface area contributed by atoms with Crippen LogP contribution in [0.1, 0.15) is 44.7 Å². The van der Waals surface area contributed by atoms with Crippen LogP contribution in [-0.2, 0) is 10.1 Å². The number of primary amides is 1. The van der Waals surface area contributed by atoms with Gasteiger partial charge in [-0.1, -0.05) is 18.2 Å². The van der Waals surface area contributed by atoms with Crippen molar-refractivity contribution in [2.24, 2.45) is 5.73 Å². The number of anilines is 1. The molecule has 0 saturated heterocycles. The quantitative estimate of drug-likeness (QED) is 0.426. The molecule has 2 aromatic heterocycles. The van der Waals surface area contributed by atoms with Crippen LogP contribution in [0.25, 0.3) is 5.65 Å². The number of nitrogens with zero attached hydrogens (tertiary/aromatic N) is 2. The summed E-state index contributed by atoms with van der Waals surface area (Å²) >= 11 is 0. The van der Waals surface area contributed by atoms with Gasteiger partial charge in [0.05, 0.1) is 23.2 Å². The number of amides is 1. The third-order valence-corrected chi connectivity index (χ3v) is 4.56. The lowest BCUT2D eigenvalue weighted by atomic mass is 10.0. The molecule has 0 saturated carbocycles. The SMILES string of the molecule is CS(=O)(=O)O.Cc1cccc(C)c1C(F)Nc1cc(C(N)=O)cn2c(C)c(C)nc12. The first-order valence-corrected chi connectivity index (χ1v) is 10.8. The van der Waals surface area contributed by atoms with Crippen LogP contribution in [0, 0.1) is 27.7 Å². The number of carbonyl (C=O) groups is 1. The molecule has 4 N–H and O–H groups in total. The van der Waals surface area contributed by atoms with Crippen LogP contribution >= 0.6 is 0 Å². The molecule has 0 spiro atoms. The maximum atomic E-state index is 15.0. The van der Waals surface area contributed by atoms with E-state index in [2.05, 4.69) is 10.3 Å². The van der Waals surface area contributed by atoms with Crippen molar-refractivity contribution in [3.8, 4) is 0 Å². The Balaban J connectivity index is 0.000000575. The zero-order valence-electron chi connectivity index (χ0n) is 17.4. The molecule has 0 bridgehead atoms. The zero-order valence-corrected chi connectivity index (χ0v) is 18.2. The second-order valence-corrected chi connectivity index (χ2v) is 8.49. The molecule has 0 aliphatic heterocycles. The van der Waals surface area contributed by atoms with Gasteiger partial charge in [-0.05, 0) is 44.9 Å². The lowest BCUT2D eigenvalue weighted by Crippen LogP contribution is -2.15. The third kappa shape index (κ3) is 5.55. The normalized spacial score (nSPS) is 12.2. The highest BCUT2D eigenvalue weighted by Crippen LogP contribution is 2.29. The average Bonchev–Trinajstić information content (AvgIpc) is 2.88. The Kier molecular flexibility index (Phi) is 6.84. The molecule has 0 aliphatic carbocycles. The highest BCUT2D eigenvalue weighted by atomic mass is 32.2. The largest absolute Gasteiger partial charge is 0.366 e. The molecule has 3 aromatic rings. The minimum Gasteiger partial charge on any atom is -0.366 e. The van der Waals surface area contributed by atoms with E-state index >= 15 is 4.39 Å². The fourth-order valence-corrected chi connectivity index (χ4v) is 3.05. The maximum Gasteiger partial charge on any atom is 0.261 e. The number of nitrogens with two attached hydrogens (primary N) is 1. The number of aryl methyl sites for hydroxylation is 4. The molecule has 1 atom stereocenters. The second kappa shape index (κ2) is 8.80. The molecule has 162 valence electrons. The molecule has 30 heavy (non-hydrogen) atoms. The van der Waals surface area contributed by atoms with Crippen LogP contribution in [-0.4, -0.2) is 34.5 Å². The molecule has 2 heterocycles. The summed E-state index contributed by atoms with van der Waals surface area (Å²) in [5.41, 5.74) is 10.7. The van der Waals surface area contributed by atoms with Gasteiger partial charge in [-0.2, -0.15) is 8.42 Å². The average molecular weight is 437 g/mol. The van der Waals surface area contributed by atoms with Crippen molar-refractivity contribution < 1.29 is 22.2 Å². The van der Waals surface area contributed by atoms with E-state index < -0.39 is 22.3 Å². The second-order valence-electron chi connectivity index (χ2n) is 7.03. The van der Waals surface area contributed by atoms with Crippen LogP contribution in [0.4, 0.5) is 10.1 Å². The lowest BCUT2D eigenvalue weighted by Gasteiger charge is -2.18. The molecule has 1 amide bonds. The Labute approximate surface area is 174 Å². The van der Waals surface area contributed by atoms with Gasteiger partial charge in [0, 0.05) is 17.5 Å². The number of hydrogen-bond donors (Lipinski definition) is 3. The Morgan fingerprint density at radius 2 is 1.77 bits per heavy atom. The zero-order chi connectivity index (χ0) is 22.8. The summed E-state index contributed by atoms with van der Waals surface area (Å²) < 4.78 is 42.7. The fourth-order valence-electron chi connectivity index (χ4n) is 3.05. The number of alkyl halides is 1. The number of hydrogen-bond acceptors (Lipinski definition) is 5. The van der Waals surface area contributed by atoms with Gasteiger partial charge in [-0.3, -0.25) is 9.35 Å². The predicted molar refractivity (Wildman–Crippen MR) is 114 cm³/mol. The van der Waals surface area contributed by atoms with Crippen molar-refractivity contribution in [2.75, 3.05) is 11.6 Å². The van der Waals surface area contributed by atoms with Gasteiger partial charge >= 0.3 is 0 Å². The summed E-state index contributed by atoms with van der Waals surface area (Å²) in [6, 6.07) is 7.18. The standard InChI is InChI=1S/C19H21FN4O.CH4O3S/c1-10-6-5-7-11(2)16(10)17(20)23-15-8-14(18(21)25)9-24-13(4)12(3)22-19(15)24;1-5(2,3)4/h5-9,17,23H,1-4H3,(H2,21,25);1H3,(H,2,3,4). The summed E-state index contributed by atoms with van der Waals surface area (Å²) in [6.07, 6.45) is 0.919. The summed E-state index contributed by atoms with van der Waals surface area (Å²) in [4.78, 5) is 16.1. The highest BCUT2D eigenvalue weighted by Gasteiger charge is 2.19. The van der Waals surface area contributed by atoms with Gasteiger partial charge in [0.2, 0.25) is 5.91 Å². The third-order valence-electron chi connectivity index (χ3n) is 4.56. The predicted octanol–water partition coefficient (Wildman–Crippen LogP) is 3.25. The van der Waals surface area contributed by atoms with Crippen molar-refractivity contribution in [3.63, 3.8) is 0 Å². The van der Waals surface area contributed by atoms with Crippen LogP contribution < -0.4 is 11.1 Å². The summed E-state index contributed by atoms with van der Waals surface area (Å²) in [5.74, 6) is -0.571. The smallest absolute Gasteiger partial charge is 0.261 e. The van der Waals surface area contributed by atoms with E-state index in [9.17, 15) is 13.2 Å². The van der Waals surface area contributed by atoms with Gasteiger partial charge in [0.1, 0.15) is 0 Å². The highest BCUT2D eigenvalue weighted by molar-refractivity contribution is 7.85. The molecule has 10 heteroatoms. The monoisotopic (exact) mass is 436 g/mol. The maximum absolute atomic E-state index is 15.0. The lowest BCUT2D eigenvalue weighted by molar-refractivity contribution is 0.1000. The van der Waals surface area contributed by atoms with Gasteiger partial charge in [0.15, 0.2) is 11.9 Å². The Morgan fingerprint density at radius 3 is 2.27 bits per heavy atom. The molecule has 8 nitrogen and oxygen atoms in total. The van der Waals surface area contributed by atoms with Crippen LogP contribution in [0.5, 0.6) is 0 Å². The summed E-state index contributed by atoms with van der Waals surface area (Å²) in [6.45, 7) is 7.50. The number of rotatable bonds is 4. The number of aromatic nitrogens is 2. The molecular weight excluding hydrogens is 411 g/mol. The molecule has 0 aliphatic rings. The summed E-state index contributed by atoms with van der Waals surface area (Å²) in [7, 11) is -3.67. The van der Waals surface area contributed by atoms with Gasteiger partial charge in [0.25, 0.3) is 10.1 Å². The molecule has 0 fully saturated rings. The van der Waals surface area contributed by atoms with E-state index in [1.165, 1.54) is 0 Å². The number of pyridine rings is 1. The van der Waals surface area contributed by atoms with Gasteiger partial charge in [-0.25, -0.2) is 9.37 Å². The Morgan fingerprint density at radius 1 is 1.23 bits per heavy atom. The molecule has 1 unspecified atom stereocenters. The van der Waals surface area contributed by atoms with E-state index in [4.69, 9.17) is 10.3 Å². The van der Waals surface area contributed by atoms with Crippen LogP contribution in [0.15, 0.2) is 30.5 Å². The molecule has 3 rings (SSSR count). The number of fused-ring (bicyclic) bond motifs is 1. The van der Waals surface area contributed by atoms with E-state index in [1.54, 1.807) is 16.7 Å². The topological polar surface area (TPSA) is 127 Å². The molecule has 1 aromatic carbocycles. The number of carbonyl (C=O) groups excluding carboxylic acids is 1. The number of benzene rings is 1.